The van der Waals surface area contributed by atoms with Gasteiger partial charge < -0.3 is 10.6 Å². The first-order valence-corrected chi connectivity index (χ1v) is 6.28. The molecule has 0 unspecified atom stereocenters. The van der Waals surface area contributed by atoms with Gasteiger partial charge in [-0.05, 0) is 44.3 Å². The Kier molecular flexibility index (Phi) is 5.95. The summed E-state index contributed by atoms with van der Waals surface area (Å²) in [6.45, 7) is 7.27. The number of piperidine rings is 1. The van der Waals surface area contributed by atoms with Crippen molar-refractivity contribution in [2.24, 2.45) is 5.73 Å². The summed E-state index contributed by atoms with van der Waals surface area (Å²) in [5, 5.41) is 4.35. The Bertz CT molecular complexity index is 318. The number of aryl methyl sites for hydroxylation is 1. The van der Waals surface area contributed by atoms with Crippen LogP contribution in [0.5, 0.6) is 0 Å². The Morgan fingerprint density at radius 3 is 2.65 bits per heavy atom. The van der Waals surface area contributed by atoms with E-state index < -0.39 is 0 Å². The van der Waals surface area contributed by atoms with Gasteiger partial charge in [0.1, 0.15) is 0 Å². The predicted octanol–water partition coefficient (Wildman–Crippen LogP) is 1.46. The largest absolute Gasteiger partial charge is 0.329 e. The fourth-order valence-corrected chi connectivity index (χ4v) is 2.44. The molecule has 0 bridgehead atoms. The van der Waals surface area contributed by atoms with E-state index in [0.29, 0.717) is 5.92 Å². The monoisotopic (exact) mass is 258 g/mol. The topological polar surface area (TPSA) is 47.1 Å². The Morgan fingerprint density at radius 2 is 2.12 bits per heavy atom. The van der Waals surface area contributed by atoms with Crippen LogP contribution in [0.4, 0.5) is 0 Å². The SMILES string of the molecule is CCn1cc(C2CCN(CCN)CC2)cn1.Cl. The van der Waals surface area contributed by atoms with Crippen molar-refractivity contribution in [2.75, 3.05) is 26.2 Å². The van der Waals surface area contributed by atoms with Crippen LogP contribution in [0.1, 0.15) is 31.2 Å². The molecule has 2 N–H and O–H groups in total. The average molecular weight is 259 g/mol. The molecule has 1 fully saturated rings. The standard InChI is InChI=1S/C12H22N4.ClH/c1-2-16-10-12(9-14-16)11-3-6-15(7-4-11)8-5-13;/h9-11H,2-8,13H2,1H3;1H. The predicted molar refractivity (Wildman–Crippen MR) is 72.6 cm³/mol. The summed E-state index contributed by atoms with van der Waals surface area (Å²) in [5.41, 5.74) is 6.98. The van der Waals surface area contributed by atoms with E-state index in [4.69, 9.17) is 5.73 Å². The van der Waals surface area contributed by atoms with Crippen molar-refractivity contribution in [3.63, 3.8) is 0 Å². The van der Waals surface area contributed by atoms with Gasteiger partial charge in [0.25, 0.3) is 0 Å². The van der Waals surface area contributed by atoms with E-state index >= 15 is 0 Å². The van der Waals surface area contributed by atoms with Crippen LogP contribution >= 0.6 is 12.4 Å². The second kappa shape index (κ2) is 6.99. The number of hydrogen-bond donors (Lipinski definition) is 1. The lowest BCUT2D eigenvalue weighted by Crippen LogP contribution is -2.36. The number of halogens is 1. The van der Waals surface area contributed by atoms with Crippen LogP contribution in [0.25, 0.3) is 0 Å². The number of rotatable bonds is 4. The molecule has 0 aromatic carbocycles. The molecule has 2 heterocycles. The van der Waals surface area contributed by atoms with Crippen molar-refractivity contribution in [3.8, 4) is 0 Å². The summed E-state index contributed by atoms with van der Waals surface area (Å²) in [6, 6.07) is 0. The average Bonchev–Trinajstić information content (AvgIpc) is 2.79. The maximum Gasteiger partial charge on any atom is 0.0524 e. The van der Waals surface area contributed by atoms with Crippen molar-refractivity contribution in [1.29, 1.82) is 0 Å². The number of likely N-dealkylation sites (tertiary alicyclic amines) is 1. The van der Waals surface area contributed by atoms with Crippen LogP contribution in [0.15, 0.2) is 12.4 Å². The number of aromatic nitrogens is 2. The number of hydrogen-bond acceptors (Lipinski definition) is 3. The molecule has 0 spiro atoms. The second-order valence-electron chi connectivity index (χ2n) is 4.53. The molecule has 17 heavy (non-hydrogen) atoms. The fourth-order valence-electron chi connectivity index (χ4n) is 2.44. The highest BCUT2D eigenvalue weighted by Crippen LogP contribution is 2.27. The number of nitrogens with two attached hydrogens (primary N) is 1. The summed E-state index contributed by atoms with van der Waals surface area (Å²) < 4.78 is 2.02. The third kappa shape index (κ3) is 3.69. The van der Waals surface area contributed by atoms with Gasteiger partial charge in [0, 0.05) is 25.8 Å². The van der Waals surface area contributed by atoms with Gasteiger partial charge in [0.15, 0.2) is 0 Å². The maximum absolute atomic E-state index is 5.57. The van der Waals surface area contributed by atoms with Crippen molar-refractivity contribution in [3.05, 3.63) is 18.0 Å². The maximum atomic E-state index is 5.57. The summed E-state index contributed by atoms with van der Waals surface area (Å²) in [4.78, 5) is 2.46. The fraction of sp³-hybridized carbons (Fsp3) is 0.750. The molecule has 2 rings (SSSR count). The van der Waals surface area contributed by atoms with Crippen LogP contribution < -0.4 is 5.73 Å². The summed E-state index contributed by atoms with van der Waals surface area (Å²) >= 11 is 0. The molecule has 0 aliphatic carbocycles. The Hall–Kier alpha value is -0.580. The minimum Gasteiger partial charge on any atom is -0.329 e. The molecule has 1 aromatic rings. The normalized spacial score (nSPS) is 18.0. The first-order valence-electron chi connectivity index (χ1n) is 6.28. The Balaban J connectivity index is 0.00000144. The summed E-state index contributed by atoms with van der Waals surface area (Å²) in [5.74, 6) is 0.703. The highest BCUT2D eigenvalue weighted by Gasteiger charge is 2.20. The molecule has 1 aliphatic heterocycles. The molecule has 4 nitrogen and oxygen atoms in total. The second-order valence-corrected chi connectivity index (χ2v) is 4.53. The number of nitrogens with zero attached hydrogens (tertiary/aromatic N) is 3. The van der Waals surface area contributed by atoms with E-state index in [0.717, 1.165) is 19.6 Å². The van der Waals surface area contributed by atoms with E-state index in [2.05, 4.69) is 23.1 Å². The summed E-state index contributed by atoms with van der Waals surface area (Å²) in [6.07, 6.45) is 6.72. The van der Waals surface area contributed by atoms with Gasteiger partial charge >= 0.3 is 0 Å². The lowest BCUT2D eigenvalue weighted by Gasteiger charge is -2.31. The third-order valence-corrected chi connectivity index (χ3v) is 3.48. The minimum absolute atomic E-state index is 0. The van der Waals surface area contributed by atoms with Gasteiger partial charge in [0.2, 0.25) is 0 Å². The van der Waals surface area contributed by atoms with Gasteiger partial charge in [-0.1, -0.05) is 0 Å². The van der Waals surface area contributed by atoms with Crippen LogP contribution in [0.3, 0.4) is 0 Å². The zero-order valence-electron chi connectivity index (χ0n) is 10.5. The lowest BCUT2D eigenvalue weighted by molar-refractivity contribution is 0.217. The van der Waals surface area contributed by atoms with E-state index in [-0.39, 0.29) is 12.4 Å². The van der Waals surface area contributed by atoms with Gasteiger partial charge in [-0.25, -0.2) is 0 Å². The van der Waals surface area contributed by atoms with Gasteiger partial charge in [-0.15, -0.1) is 12.4 Å². The first-order chi connectivity index (χ1) is 7.83. The molecule has 0 amide bonds. The Labute approximate surface area is 110 Å². The molecular weight excluding hydrogens is 236 g/mol. The molecule has 1 aromatic heterocycles. The van der Waals surface area contributed by atoms with Crippen LogP contribution in [0.2, 0.25) is 0 Å². The van der Waals surface area contributed by atoms with Crippen LogP contribution in [-0.4, -0.2) is 40.9 Å². The van der Waals surface area contributed by atoms with Crippen LogP contribution in [0, 0.1) is 0 Å². The van der Waals surface area contributed by atoms with Crippen LogP contribution in [-0.2, 0) is 6.54 Å². The zero-order chi connectivity index (χ0) is 11.4. The first kappa shape index (κ1) is 14.5. The molecule has 0 atom stereocenters. The highest BCUT2D eigenvalue weighted by molar-refractivity contribution is 5.85. The Morgan fingerprint density at radius 1 is 1.41 bits per heavy atom. The van der Waals surface area contributed by atoms with Gasteiger partial charge in [0.05, 0.1) is 6.20 Å². The van der Waals surface area contributed by atoms with Crippen molar-refractivity contribution in [1.82, 2.24) is 14.7 Å². The van der Waals surface area contributed by atoms with E-state index in [1.54, 1.807) is 0 Å². The van der Waals surface area contributed by atoms with Crippen molar-refractivity contribution >= 4 is 12.4 Å². The molecular formula is C12H23ClN4. The van der Waals surface area contributed by atoms with Gasteiger partial charge in [-0.2, -0.15) is 5.10 Å². The van der Waals surface area contributed by atoms with Gasteiger partial charge in [-0.3, -0.25) is 4.68 Å². The van der Waals surface area contributed by atoms with Crippen molar-refractivity contribution in [2.45, 2.75) is 32.2 Å². The molecule has 98 valence electrons. The third-order valence-electron chi connectivity index (χ3n) is 3.48. The molecule has 0 radical (unpaired) electrons. The van der Waals surface area contributed by atoms with E-state index in [1.807, 2.05) is 10.9 Å². The van der Waals surface area contributed by atoms with E-state index in [9.17, 15) is 0 Å². The minimum atomic E-state index is 0. The molecule has 0 saturated carbocycles. The summed E-state index contributed by atoms with van der Waals surface area (Å²) in [7, 11) is 0. The molecule has 5 heteroatoms. The van der Waals surface area contributed by atoms with Crippen molar-refractivity contribution < 1.29 is 0 Å². The molecule has 1 saturated heterocycles. The highest BCUT2D eigenvalue weighted by atomic mass is 35.5. The zero-order valence-corrected chi connectivity index (χ0v) is 11.3. The van der Waals surface area contributed by atoms with E-state index in [1.165, 1.54) is 31.5 Å². The smallest absolute Gasteiger partial charge is 0.0524 e. The quantitative estimate of drug-likeness (QED) is 0.890. The lowest BCUT2D eigenvalue weighted by atomic mass is 9.91. The molecule has 1 aliphatic rings.